The molecule has 0 bridgehead atoms. The van der Waals surface area contributed by atoms with Crippen LogP contribution in [0.1, 0.15) is 12.0 Å². The lowest BCUT2D eigenvalue weighted by atomic mass is 10.2. The number of hydrogen-bond donors (Lipinski definition) is 1. The third-order valence-corrected chi connectivity index (χ3v) is 4.85. The average Bonchev–Trinajstić information content (AvgIpc) is 3.00. The smallest absolute Gasteiger partial charge is 0.328 e. The van der Waals surface area contributed by atoms with Crippen LogP contribution in [0.3, 0.4) is 0 Å². The predicted molar refractivity (Wildman–Crippen MR) is 92.3 cm³/mol. The number of aryl methyl sites for hydroxylation is 2. The molecule has 25 heavy (non-hydrogen) atoms. The van der Waals surface area contributed by atoms with Gasteiger partial charge in [0.2, 0.25) is 5.91 Å². The Morgan fingerprint density at radius 3 is 2.76 bits per heavy atom. The Balaban J connectivity index is 1.78. The third-order valence-electron chi connectivity index (χ3n) is 3.78. The molecule has 2 aromatic rings. The Bertz CT molecular complexity index is 988. The van der Waals surface area contributed by atoms with E-state index in [1.807, 2.05) is 6.07 Å². The molecule has 130 valence electrons. The molecule has 0 unspecified atom stereocenters. The largest absolute Gasteiger partial charge is 0.550 e. The summed E-state index contributed by atoms with van der Waals surface area (Å²) < 4.78 is 3.09. The van der Waals surface area contributed by atoms with Crippen LogP contribution in [0.15, 0.2) is 33.2 Å². The van der Waals surface area contributed by atoms with Gasteiger partial charge in [-0.1, -0.05) is 17.8 Å². The number of amides is 1. The number of fused-ring (bicyclic) bond motifs is 1. The molecule has 0 radical (unpaired) electrons. The number of thioether (sulfide) groups is 1. The standard InChI is InChI=1S/C15H15N5O4S/c1-19-9-4-3-8(5-10(9)20(2)15(19)24)7-16-18-14-17-13(23)11(25-14)6-12(21)22/h3-5,7,11H,6H2,1-2H3,(H,21,22)(H,17,18,23)/p-1/b16-7-/t11-/m0/s1. The van der Waals surface area contributed by atoms with Gasteiger partial charge in [-0.05, 0) is 17.7 Å². The van der Waals surface area contributed by atoms with Crippen molar-refractivity contribution in [2.45, 2.75) is 11.7 Å². The number of rotatable bonds is 4. The Kier molecular flexibility index (Phi) is 4.45. The van der Waals surface area contributed by atoms with Crippen LogP contribution < -0.4 is 16.1 Å². The van der Waals surface area contributed by atoms with E-state index in [0.717, 1.165) is 28.4 Å². The fourth-order valence-corrected chi connectivity index (χ4v) is 3.40. The molecular weight excluding hydrogens is 346 g/mol. The van der Waals surface area contributed by atoms with Gasteiger partial charge in [0.1, 0.15) is 0 Å². The van der Waals surface area contributed by atoms with Crippen molar-refractivity contribution < 1.29 is 14.7 Å². The molecule has 2 heterocycles. The predicted octanol–water partition coefficient (Wildman–Crippen LogP) is -1.06. The normalized spacial score (nSPS) is 19.2. The number of amidine groups is 1. The van der Waals surface area contributed by atoms with Crippen molar-refractivity contribution in [3.8, 4) is 0 Å². The van der Waals surface area contributed by atoms with E-state index in [1.54, 1.807) is 30.8 Å². The number of carboxylic acid groups (broad SMARTS) is 1. The summed E-state index contributed by atoms with van der Waals surface area (Å²) in [5, 5.41) is 20.3. The molecule has 1 aliphatic heterocycles. The number of hydrogen-bond acceptors (Lipinski definition) is 7. The molecule has 0 saturated carbocycles. The maximum Gasteiger partial charge on any atom is 0.328 e. The molecule has 10 heteroatoms. The Morgan fingerprint density at radius 1 is 1.32 bits per heavy atom. The van der Waals surface area contributed by atoms with Gasteiger partial charge in [-0.15, -0.1) is 5.10 Å². The van der Waals surface area contributed by atoms with E-state index in [2.05, 4.69) is 15.5 Å². The van der Waals surface area contributed by atoms with Crippen molar-refractivity contribution >= 4 is 46.1 Å². The van der Waals surface area contributed by atoms with Crippen molar-refractivity contribution in [1.29, 1.82) is 0 Å². The van der Waals surface area contributed by atoms with Gasteiger partial charge in [0.15, 0.2) is 5.17 Å². The van der Waals surface area contributed by atoms with Crippen LogP contribution in [-0.4, -0.2) is 37.6 Å². The number of nitrogens with zero attached hydrogens (tertiary/aromatic N) is 4. The molecule has 0 spiro atoms. The summed E-state index contributed by atoms with van der Waals surface area (Å²) in [5.41, 5.74) is 2.19. The minimum atomic E-state index is -1.29. The van der Waals surface area contributed by atoms with Crippen LogP contribution in [0.5, 0.6) is 0 Å². The lowest BCUT2D eigenvalue weighted by Gasteiger charge is -2.04. The lowest BCUT2D eigenvalue weighted by molar-refractivity contribution is -0.305. The second-order valence-electron chi connectivity index (χ2n) is 5.47. The van der Waals surface area contributed by atoms with Crippen molar-refractivity contribution in [1.82, 2.24) is 14.5 Å². The molecule has 1 N–H and O–H groups in total. The minimum absolute atomic E-state index is 0.117. The van der Waals surface area contributed by atoms with Gasteiger partial charge >= 0.3 is 5.69 Å². The monoisotopic (exact) mass is 360 g/mol. The summed E-state index contributed by atoms with van der Waals surface area (Å²) in [7, 11) is 3.39. The Labute approximate surface area is 146 Å². The molecule has 1 aromatic carbocycles. The topological polar surface area (TPSA) is 121 Å². The fourth-order valence-electron chi connectivity index (χ4n) is 2.49. The fraction of sp³-hybridized carbons (Fsp3) is 0.267. The summed E-state index contributed by atoms with van der Waals surface area (Å²) in [6.07, 6.45) is 1.11. The first-order valence-corrected chi connectivity index (χ1v) is 8.18. The van der Waals surface area contributed by atoms with Gasteiger partial charge in [0, 0.05) is 26.5 Å². The highest BCUT2D eigenvalue weighted by atomic mass is 32.2. The SMILES string of the molecule is Cn1c(=O)n(C)c2cc(/C=N\N=C3/NC(=O)[C@H](CC(=O)[O-])S3)ccc21. The van der Waals surface area contributed by atoms with Crippen molar-refractivity contribution in [3.05, 3.63) is 34.2 Å². The Hall–Kier alpha value is -2.88. The summed E-state index contributed by atoms with van der Waals surface area (Å²) in [4.78, 5) is 34.1. The van der Waals surface area contributed by atoms with E-state index in [0.29, 0.717) is 0 Å². The van der Waals surface area contributed by atoms with Crippen LogP contribution >= 0.6 is 11.8 Å². The number of imidazole rings is 1. The second kappa shape index (κ2) is 6.55. The Morgan fingerprint density at radius 2 is 2.04 bits per heavy atom. The molecule has 0 aliphatic carbocycles. The highest BCUT2D eigenvalue weighted by molar-refractivity contribution is 8.15. The highest BCUT2D eigenvalue weighted by Gasteiger charge is 2.30. The van der Waals surface area contributed by atoms with Crippen molar-refractivity contribution in [3.63, 3.8) is 0 Å². The average molecular weight is 360 g/mol. The maximum atomic E-state index is 11.9. The zero-order valence-electron chi connectivity index (χ0n) is 13.4. The zero-order valence-corrected chi connectivity index (χ0v) is 14.2. The number of benzene rings is 1. The third kappa shape index (κ3) is 3.33. The van der Waals surface area contributed by atoms with Crippen LogP contribution in [0.4, 0.5) is 0 Å². The van der Waals surface area contributed by atoms with E-state index < -0.39 is 17.1 Å². The molecule has 3 rings (SSSR count). The number of carboxylic acids is 1. The minimum Gasteiger partial charge on any atom is -0.550 e. The molecule has 1 aliphatic rings. The molecule has 1 amide bonds. The summed E-state index contributed by atoms with van der Waals surface area (Å²) in [5.74, 6) is -1.72. The van der Waals surface area contributed by atoms with Crippen molar-refractivity contribution in [2.75, 3.05) is 0 Å². The van der Waals surface area contributed by atoms with Crippen LogP contribution in [0.25, 0.3) is 11.0 Å². The van der Waals surface area contributed by atoms with Gasteiger partial charge in [-0.3, -0.25) is 13.9 Å². The highest BCUT2D eigenvalue weighted by Crippen LogP contribution is 2.22. The van der Waals surface area contributed by atoms with Crippen LogP contribution in [-0.2, 0) is 23.7 Å². The van der Waals surface area contributed by atoms with Gasteiger partial charge in [0.25, 0.3) is 0 Å². The van der Waals surface area contributed by atoms with Gasteiger partial charge < -0.3 is 15.2 Å². The summed E-state index contributed by atoms with van der Waals surface area (Å²) in [6.45, 7) is 0. The van der Waals surface area contributed by atoms with E-state index in [-0.39, 0.29) is 17.3 Å². The lowest BCUT2D eigenvalue weighted by Crippen LogP contribution is -2.31. The van der Waals surface area contributed by atoms with Gasteiger partial charge in [-0.2, -0.15) is 5.10 Å². The molecule has 1 saturated heterocycles. The quantitative estimate of drug-likeness (QED) is 0.550. The van der Waals surface area contributed by atoms with Crippen LogP contribution in [0.2, 0.25) is 0 Å². The van der Waals surface area contributed by atoms with E-state index >= 15 is 0 Å². The van der Waals surface area contributed by atoms with Crippen LogP contribution in [0, 0.1) is 0 Å². The first-order chi connectivity index (χ1) is 11.9. The number of carbonyl (C=O) groups is 2. The number of aromatic nitrogens is 2. The van der Waals surface area contributed by atoms with E-state index in [4.69, 9.17) is 0 Å². The van der Waals surface area contributed by atoms with Gasteiger partial charge in [-0.25, -0.2) is 4.79 Å². The van der Waals surface area contributed by atoms with E-state index in [9.17, 15) is 19.5 Å². The number of aliphatic carboxylic acids is 1. The maximum absolute atomic E-state index is 11.9. The molecular formula is C15H14N5O4S-. The van der Waals surface area contributed by atoms with Crippen molar-refractivity contribution in [2.24, 2.45) is 24.3 Å². The second-order valence-corrected chi connectivity index (χ2v) is 6.66. The molecule has 1 fully saturated rings. The summed E-state index contributed by atoms with van der Waals surface area (Å²) >= 11 is 0.999. The number of carbonyl (C=O) groups excluding carboxylic acids is 2. The molecule has 9 nitrogen and oxygen atoms in total. The molecule has 1 aromatic heterocycles. The first kappa shape index (κ1) is 17.0. The molecule has 1 atom stereocenters. The summed E-state index contributed by atoms with van der Waals surface area (Å²) in [6, 6.07) is 5.41. The zero-order chi connectivity index (χ0) is 18.1. The first-order valence-electron chi connectivity index (χ1n) is 7.30. The number of nitrogens with one attached hydrogen (secondary N) is 1. The van der Waals surface area contributed by atoms with E-state index in [1.165, 1.54) is 10.8 Å². The van der Waals surface area contributed by atoms with Gasteiger partial charge in [0.05, 0.1) is 22.5 Å².